The third-order valence-electron chi connectivity index (χ3n) is 2.96. The van der Waals surface area contributed by atoms with Gasteiger partial charge in [0.15, 0.2) is 0 Å². The zero-order valence-electron chi connectivity index (χ0n) is 13.6. The Balaban J connectivity index is 3.87. The lowest BCUT2D eigenvalue weighted by atomic mass is 10.1. The van der Waals surface area contributed by atoms with E-state index in [-0.39, 0.29) is 12.8 Å². The van der Waals surface area contributed by atoms with Crippen LogP contribution in [-0.4, -0.2) is 44.6 Å². The summed E-state index contributed by atoms with van der Waals surface area (Å²) >= 11 is 0. The van der Waals surface area contributed by atoms with Gasteiger partial charge < -0.3 is 20.4 Å². The zero-order valence-corrected chi connectivity index (χ0v) is 13.6. The minimum atomic E-state index is -0.869. The van der Waals surface area contributed by atoms with E-state index < -0.39 is 24.1 Å². The normalized spacial score (nSPS) is 14.9. The molecule has 134 valence electrons. The van der Waals surface area contributed by atoms with Gasteiger partial charge in [0.05, 0.1) is 12.2 Å². The van der Waals surface area contributed by atoms with Crippen LogP contribution in [-0.2, 0) is 9.59 Å². The van der Waals surface area contributed by atoms with Gasteiger partial charge in [-0.1, -0.05) is 48.6 Å². The van der Waals surface area contributed by atoms with Crippen molar-refractivity contribution < 1.29 is 30.0 Å². The first-order valence-corrected chi connectivity index (χ1v) is 7.88. The maximum Gasteiger partial charge on any atom is 0.303 e. The van der Waals surface area contributed by atoms with E-state index in [1.54, 1.807) is 48.6 Å². The Morgan fingerprint density at radius 3 is 1.96 bits per heavy atom. The lowest BCUT2D eigenvalue weighted by Crippen LogP contribution is -2.03. The first kappa shape index (κ1) is 21.8. The second kappa shape index (κ2) is 14.4. The lowest BCUT2D eigenvalue weighted by Gasteiger charge is -2.02. The highest BCUT2D eigenvalue weighted by Gasteiger charge is 2.01. The average Bonchev–Trinajstić information content (AvgIpc) is 2.49. The molecule has 0 heterocycles. The second-order valence-electron chi connectivity index (χ2n) is 5.21. The van der Waals surface area contributed by atoms with Crippen LogP contribution < -0.4 is 0 Å². The largest absolute Gasteiger partial charge is 0.481 e. The molecule has 0 unspecified atom stereocenters. The quantitative estimate of drug-likeness (QED) is 0.303. The Hall–Kier alpha value is -2.18. The van der Waals surface area contributed by atoms with Crippen molar-refractivity contribution in [2.45, 2.75) is 50.7 Å². The lowest BCUT2D eigenvalue weighted by molar-refractivity contribution is -0.138. The van der Waals surface area contributed by atoms with Crippen LogP contribution in [0.2, 0.25) is 0 Å². The number of carboxylic acids is 2. The van der Waals surface area contributed by atoms with Crippen molar-refractivity contribution in [1.29, 1.82) is 0 Å². The monoisotopic (exact) mass is 338 g/mol. The third kappa shape index (κ3) is 16.2. The topological polar surface area (TPSA) is 115 Å². The average molecular weight is 338 g/mol. The number of aliphatic hydroxyl groups excluding tert-OH is 2. The van der Waals surface area contributed by atoms with Crippen molar-refractivity contribution in [3.8, 4) is 0 Å². The number of hydrogen-bond acceptors (Lipinski definition) is 4. The first-order chi connectivity index (χ1) is 11.4. The van der Waals surface area contributed by atoms with Crippen LogP contribution in [0.4, 0.5) is 0 Å². The van der Waals surface area contributed by atoms with E-state index in [9.17, 15) is 19.8 Å². The van der Waals surface area contributed by atoms with Gasteiger partial charge in [0.1, 0.15) is 0 Å². The van der Waals surface area contributed by atoms with Gasteiger partial charge in [0.25, 0.3) is 0 Å². The molecule has 2 atom stereocenters. The van der Waals surface area contributed by atoms with Gasteiger partial charge in [0.2, 0.25) is 0 Å². The molecule has 6 nitrogen and oxygen atoms in total. The Kier molecular flexibility index (Phi) is 13.1. The van der Waals surface area contributed by atoms with Crippen LogP contribution in [0.25, 0.3) is 0 Å². The molecule has 0 aliphatic rings. The Labute approximate surface area is 142 Å². The molecule has 0 aromatic rings. The molecule has 0 radical (unpaired) electrons. The molecular weight excluding hydrogens is 312 g/mol. The summed E-state index contributed by atoms with van der Waals surface area (Å²) in [4.78, 5) is 20.6. The van der Waals surface area contributed by atoms with Crippen molar-refractivity contribution in [1.82, 2.24) is 0 Å². The van der Waals surface area contributed by atoms with Crippen LogP contribution in [0.3, 0.4) is 0 Å². The van der Waals surface area contributed by atoms with Crippen LogP contribution in [0.5, 0.6) is 0 Å². The van der Waals surface area contributed by atoms with Gasteiger partial charge in [-0.3, -0.25) is 9.59 Å². The third-order valence-corrected chi connectivity index (χ3v) is 2.96. The van der Waals surface area contributed by atoms with Gasteiger partial charge in [-0.25, -0.2) is 0 Å². The van der Waals surface area contributed by atoms with Gasteiger partial charge in [-0.15, -0.1) is 0 Å². The smallest absolute Gasteiger partial charge is 0.303 e. The molecule has 0 bridgehead atoms. The standard InChI is InChI=1S/C18H26O6/c19-15(11-6-3-7-13-17(21)22)9-4-1-2-5-10-16(20)12-8-14-18(23)24/h1-6,9-10,15-16,19-20H,7-8,11-14H2,(H,21,22)(H,23,24)/b2-1+,6-3-,9-4+,10-5-/t15-,16-/m1/s1. The summed E-state index contributed by atoms with van der Waals surface area (Å²) in [5.41, 5.74) is 0. The Morgan fingerprint density at radius 2 is 1.38 bits per heavy atom. The van der Waals surface area contributed by atoms with E-state index in [0.717, 1.165) is 0 Å². The van der Waals surface area contributed by atoms with E-state index in [2.05, 4.69) is 0 Å². The molecule has 0 aliphatic carbocycles. The van der Waals surface area contributed by atoms with Crippen LogP contribution >= 0.6 is 0 Å². The molecule has 0 fully saturated rings. The molecule has 0 aliphatic heterocycles. The molecule has 0 amide bonds. The van der Waals surface area contributed by atoms with Crippen molar-refractivity contribution >= 4 is 11.9 Å². The van der Waals surface area contributed by atoms with E-state index in [1.807, 2.05) is 0 Å². The van der Waals surface area contributed by atoms with Crippen molar-refractivity contribution in [2.75, 3.05) is 0 Å². The molecule has 4 N–H and O–H groups in total. The molecule has 0 aromatic carbocycles. The fourth-order valence-electron chi connectivity index (χ4n) is 1.71. The molecule has 0 rings (SSSR count). The summed E-state index contributed by atoms with van der Waals surface area (Å²) in [5.74, 6) is -1.71. The van der Waals surface area contributed by atoms with Crippen LogP contribution in [0, 0.1) is 0 Å². The molecule has 6 heteroatoms. The highest BCUT2D eigenvalue weighted by Crippen LogP contribution is 2.02. The maximum atomic E-state index is 10.3. The summed E-state index contributed by atoms with van der Waals surface area (Å²) in [6, 6.07) is 0. The zero-order chi connectivity index (χ0) is 18.2. The molecule has 0 spiro atoms. The summed E-state index contributed by atoms with van der Waals surface area (Å²) < 4.78 is 0. The number of allylic oxidation sites excluding steroid dienone is 5. The SMILES string of the molecule is O=C(O)CC/C=C\C[C@H](O)/C=C/C=C/C=C\[C@@H](O)CCCC(=O)O. The maximum absolute atomic E-state index is 10.3. The van der Waals surface area contributed by atoms with Crippen LogP contribution in [0.1, 0.15) is 38.5 Å². The van der Waals surface area contributed by atoms with E-state index in [4.69, 9.17) is 10.2 Å². The Bertz CT molecular complexity index is 476. The van der Waals surface area contributed by atoms with E-state index in [1.165, 1.54) is 0 Å². The summed E-state index contributed by atoms with van der Waals surface area (Å²) in [7, 11) is 0. The highest BCUT2D eigenvalue weighted by molar-refractivity contribution is 5.67. The van der Waals surface area contributed by atoms with Gasteiger partial charge in [-0.2, -0.15) is 0 Å². The number of rotatable bonds is 13. The van der Waals surface area contributed by atoms with Gasteiger partial charge >= 0.3 is 11.9 Å². The highest BCUT2D eigenvalue weighted by atomic mass is 16.4. The van der Waals surface area contributed by atoms with Gasteiger partial charge in [0, 0.05) is 12.8 Å². The summed E-state index contributed by atoms with van der Waals surface area (Å²) in [5, 5.41) is 36.2. The number of hydrogen-bond donors (Lipinski definition) is 4. The fraction of sp³-hybridized carbons (Fsp3) is 0.444. The Morgan fingerprint density at radius 1 is 0.792 bits per heavy atom. The number of aliphatic hydroxyl groups is 2. The summed E-state index contributed by atoms with van der Waals surface area (Å²) in [6.07, 6.45) is 13.9. The number of carbonyl (C=O) groups is 2. The van der Waals surface area contributed by atoms with Gasteiger partial charge in [-0.05, 0) is 25.7 Å². The minimum Gasteiger partial charge on any atom is -0.481 e. The second-order valence-corrected chi connectivity index (χ2v) is 5.21. The predicted molar refractivity (Wildman–Crippen MR) is 91.5 cm³/mol. The molecule has 24 heavy (non-hydrogen) atoms. The molecule has 0 saturated carbocycles. The molecule has 0 saturated heterocycles. The summed E-state index contributed by atoms with van der Waals surface area (Å²) in [6.45, 7) is 0. The van der Waals surface area contributed by atoms with Crippen molar-refractivity contribution in [2.24, 2.45) is 0 Å². The minimum absolute atomic E-state index is 0.0477. The van der Waals surface area contributed by atoms with E-state index in [0.29, 0.717) is 25.7 Å². The first-order valence-electron chi connectivity index (χ1n) is 7.88. The van der Waals surface area contributed by atoms with Crippen LogP contribution in [0.15, 0.2) is 48.6 Å². The van der Waals surface area contributed by atoms with Crippen molar-refractivity contribution in [3.05, 3.63) is 48.6 Å². The number of carboxylic acid groups (broad SMARTS) is 2. The van der Waals surface area contributed by atoms with E-state index >= 15 is 0 Å². The molecule has 0 aromatic heterocycles. The van der Waals surface area contributed by atoms with Crippen molar-refractivity contribution in [3.63, 3.8) is 0 Å². The molecular formula is C18H26O6. The number of aliphatic carboxylic acids is 2. The predicted octanol–water partition coefficient (Wildman–Crippen LogP) is 2.44. The fourth-order valence-corrected chi connectivity index (χ4v) is 1.71.